The summed E-state index contributed by atoms with van der Waals surface area (Å²) >= 11 is 0. The van der Waals surface area contributed by atoms with Crippen LogP contribution >= 0.6 is 0 Å². The van der Waals surface area contributed by atoms with Gasteiger partial charge in [-0.05, 0) is 47.0 Å². The van der Waals surface area contributed by atoms with E-state index in [-0.39, 0.29) is 30.7 Å². The van der Waals surface area contributed by atoms with Gasteiger partial charge in [-0.15, -0.1) is 5.10 Å². The monoisotopic (exact) mass is 445 g/mol. The van der Waals surface area contributed by atoms with Crippen molar-refractivity contribution in [3.05, 3.63) is 89.7 Å². The van der Waals surface area contributed by atoms with Crippen LogP contribution in [0.2, 0.25) is 0 Å². The molecule has 0 spiro atoms. The number of phenols is 1. The lowest BCUT2D eigenvalue weighted by Crippen LogP contribution is -2.25. The lowest BCUT2D eigenvalue weighted by Gasteiger charge is -2.16. The van der Waals surface area contributed by atoms with Gasteiger partial charge in [0.15, 0.2) is 0 Å². The van der Waals surface area contributed by atoms with Gasteiger partial charge in [0.05, 0.1) is 25.2 Å². The molecule has 1 heterocycles. The van der Waals surface area contributed by atoms with Gasteiger partial charge in [-0.1, -0.05) is 47.7 Å². The molecule has 2 amide bonds. The minimum absolute atomic E-state index is 0.00595. The second-order valence-corrected chi connectivity index (χ2v) is 7.70. The summed E-state index contributed by atoms with van der Waals surface area (Å²) in [4.78, 5) is 24.2. The van der Waals surface area contributed by atoms with Crippen LogP contribution in [0, 0.1) is 0 Å². The van der Waals surface area contributed by atoms with Crippen molar-refractivity contribution in [2.45, 2.75) is 25.4 Å². The van der Waals surface area contributed by atoms with E-state index in [2.05, 4.69) is 21.7 Å². The molecule has 1 aromatic heterocycles. The van der Waals surface area contributed by atoms with E-state index >= 15 is 0 Å². The number of phenolic OH excluding ortho intramolecular Hbond substituents is 1. The molecule has 9 heteroatoms. The van der Waals surface area contributed by atoms with E-state index in [0.717, 1.165) is 16.3 Å². The zero-order chi connectivity index (χ0) is 23.2. The van der Waals surface area contributed by atoms with Gasteiger partial charge in [0.25, 0.3) is 5.91 Å². The van der Waals surface area contributed by atoms with E-state index in [0.29, 0.717) is 17.7 Å². The number of hydroxylamine groups is 1. The first-order valence-corrected chi connectivity index (χ1v) is 10.4. The number of nitrogens with zero attached hydrogens (tertiary/aromatic N) is 3. The number of amides is 2. The molecule has 4 rings (SSSR count). The van der Waals surface area contributed by atoms with E-state index in [1.807, 2.05) is 36.4 Å². The van der Waals surface area contributed by atoms with Crippen molar-refractivity contribution in [2.24, 2.45) is 0 Å². The van der Waals surface area contributed by atoms with Gasteiger partial charge in [0, 0.05) is 5.56 Å². The lowest BCUT2D eigenvalue weighted by molar-refractivity contribution is -0.130. The molecule has 0 aliphatic carbocycles. The normalized spacial score (nSPS) is 11.8. The molecule has 4 aromatic rings. The Bertz CT molecular complexity index is 1270. The van der Waals surface area contributed by atoms with Crippen LogP contribution < -0.4 is 10.8 Å². The molecular formula is C24H23N5O4. The fourth-order valence-corrected chi connectivity index (χ4v) is 3.62. The summed E-state index contributed by atoms with van der Waals surface area (Å²) in [6.45, 7) is 0.147. The Hall–Kier alpha value is -4.24. The topological polar surface area (TPSA) is 129 Å². The Morgan fingerprint density at radius 2 is 1.76 bits per heavy atom. The summed E-state index contributed by atoms with van der Waals surface area (Å²) in [5.41, 5.74) is 3.62. The molecule has 0 unspecified atom stereocenters. The summed E-state index contributed by atoms with van der Waals surface area (Å²) in [6, 6.07) is 19.6. The Kier molecular flexibility index (Phi) is 6.61. The number of hydrogen-bond donors (Lipinski definition) is 4. The molecule has 0 aliphatic rings. The highest BCUT2D eigenvalue weighted by Crippen LogP contribution is 2.22. The second-order valence-electron chi connectivity index (χ2n) is 7.70. The average Bonchev–Trinajstić information content (AvgIpc) is 3.31. The molecule has 0 bridgehead atoms. The third kappa shape index (κ3) is 5.52. The number of aromatic nitrogens is 3. The van der Waals surface area contributed by atoms with Gasteiger partial charge in [-0.3, -0.25) is 14.8 Å². The molecule has 0 saturated carbocycles. The first-order chi connectivity index (χ1) is 16.0. The predicted molar refractivity (Wildman–Crippen MR) is 121 cm³/mol. The number of carbonyl (C=O) groups excluding carboxylic acids is 2. The van der Waals surface area contributed by atoms with Crippen molar-refractivity contribution in [1.29, 1.82) is 0 Å². The standard InChI is InChI=1S/C24H23N5O4/c30-22-9-7-18(8-10-22)24(32)25-14-20-15-29(28-26-20)21(13-23(31)27-33)12-16-5-6-17-3-1-2-4-19(17)11-16/h1-11,15,21,30,33H,12-14H2,(H,25,32)(H,27,31)/t21-/m1/s1. The Morgan fingerprint density at radius 3 is 2.52 bits per heavy atom. The smallest absolute Gasteiger partial charge is 0.251 e. The highest BCUT2D eigenvalue weighted by molar-refractivity contribution is 5.94. The molecule has 33 heavy (non-hydrogen) atoms. The average molecular weight is 445 g/mol. The Balaban J connectivity index is 1.47. The third-order valence-corrected chi connectivity index (χ3v) is 5.32. The number of carbonyl (C=O) groups is 2. The maximum absolute atomic E-state index is 12.3. The molecular weight excluding hydrogens is 422 g/mol. The number of rotatable bonds is 8. The van der Waals surface area contributed by atoms with Crippen LogP contribution in [-0.4, -0.2) is 37.1 Å². The van der Waals surface area contributed by atoms with Crippen molar-refractivity contribution in [3.63, 3.8) is 0 Å². The van der Waals surface area contributed by atoms with Crippen LogP contribution in [0.25, 0.3) is 10.8 Å². The van der Waals surface area contributed by atoms with Gasteiger partial charge in [-0.2, -0.15) is 0 Å². The zero-order valence-electron chi connectivity index (χ0n) is 17.7. The van der Waals surface area contributed by atoms with Gasteiger partial charge in [0.1, 0.15) is 11.4 Å². The van der Waals surface area contributed by atoms with Gasteiger partial charge >= 0.3 is 0 Å². The molecule has 0 fully saturated rings. The van der Waals surface area contributed by atoms with Crippen molar-refractivity contribution in [2.75, 3.05) is 0 Å². The Labute approximate surface area is 189 Å². The van der Waals surface area contributed by atoms with Gasteiger partial charge < -0.3 is 10.4 Å². The fraction of sp³-hybridized carbons (Fsp3) is 0.167. The molecule has 3 aromatic carbocycles. The largest absolute Gasteiger partial charge is 0.508 e. The predicted octanol–water partition coefficient (Wildman–Crippen LogP) is 2.75. The summed E-state index contributed by atoms with van der Waals surface area (Å²) < 4.78 is 1.58. The molecule has 4 N–H and O–H groups in total. The van der Waals surface area contributed by atoms with E-state index in [1.54, 1.807) is 16.4 Å². The van der Waals surface area contributed by atoms with Gasteiger partial charge in [-0.25, -0.2) is 10.2 Å². The van der Waals surface area contributed by atoms with Crippen LogP contribution in [0.1, 0.15) is 34.1 Å². The summed E-state index contributed by atoms with van der Waals surface area (Å²) in [5, 5.41) is 31.6. The van der Waals surface area contributed by atoms with Crippen LogP contribution in [0.15, 0.2) is 72.9 Å². The highest BCUT2D eigenvalue weighted by atomic mass is 16.5. The van der Waals surface area contributed by atoms with E-state index in [9.17, 15) is 14.7 Å². The summed E-state index contributed by atoms with van der Waals surface area (Å²) in [7, 11) is 0. The Morgan fingerprint density at radius 1 is 1.00 bits per heavy atom. The van der Waals surface area contributed by atoms with Crippen molar-refractivity contribution in [3.8, 4) is 5.75 Å². The van der Waals surface area contributed by atoms with Crippen LogP contribution in [-0.2, 0) is 17.8 Å². The third-order valence-electron chi connectivity index (χ3n) is 5.32. The minimum Gasteiger partial charge on any atom is -0.508 e. The lowest BCUT2D eigenvalue weighted by atomic mass is 10.00. The van der Waals surface area contributed by atoms with Crippen molar-refractivity contribution >= 4 is 22.6 Å². The zero-order valence-corrected chi connectivity index (χ0v) is 17.7. The first-order valence-electron chi connectivity index (χ1n) is 10.4. The van der Waals surface area contributed by atoms with Crippen LogP contribution in [0.3, 0.4) is 0 Å². The maximum atomic E-state index is 12.3. The molecule has 9 nitrogen and oxygen atoms in total. The molecule has 168 valence electrons. The SMILES string of the molecule is O=C(C[C@@H](Cc1ccc2ccccc2c1)n1cc(CNC(=O)c2ccc(O)cc2)nn1)NO. The van der Waals surface area contributed by atoms with E-state index in [1.165, 1.54) is 24.3 Å². The van der Waals surface area contributed by atoms with Crippen molar-refractivity contribution < 1.29 is 19.9 Å². The molecule has 0 aliphatic heterocycles. The van der Waals surface area contributed by atoms with Crippen molar-refractivity contribution in [1.82, 2.24) is 25.8 Å². The van der Waals surface area contributed by atoms with Gasteiger partial charge in [0.2, 0.25) is 5.91 Å². The van der Waals surface area contributed by atoms with E-state index < -0.39 is 5.91 Å². The highest BCUT2D eigenvalue weighted by Gasteiger charge is 2.19. The molecule has 0 saturated heterocycles. The summed E-state index contributed by atoms with van der Waals surface area (Å²) in [5.74, 6) is -0.755. The molecule has 0 radical (unpaired) electrons. The number of benzene rings is 3. The van der Waals surface area contributed by atoms with E-state index in [4.69, 9.17) is 5.21 Å². The number of fused-ring (bicyclic) bond motifs is 1. The number of nitrogens with one attached hydrogen (secondary N) is 2. The quantitative estimate of drug-likeness (QED) is 0.244. The van der Waals surface area contributed by atoms with Crippen LogP contribution in [0.5, 0.6) is 5.75 Å². The summed E-state index contributed by atoms with van der Waals surface area (Å²) in [6.07, 6.45) is 2.18. The minimum atomic E-state index is -0.529. The fourth-order valence-electron chi connectivity index (χ4n) is 3.62. The first kappa shape index (κ1) is 22.0. The maximum Gasteiger partial charge on any atom is 0.251 e. The second kappa shape index (κ2) is 9.92. The number of aromatic hydroxyl groups is 1. The number of hydrogen-bond acceptors (Lipinski definition) is 6. The molecule has 1 atom stereocenters. The van der Waals surface area contributed by atoms with Crippen LogP contribution in [0.4, 0.5) is 0 Å².